The second kappa shape index (κ2) is 5.03. The Hall–Kier alpha value is -0.120. The second-order valence-corrected chi connectivity index (χ2v) is 5.90. The second-order valence-electron chi connectivity index (χ2n) is 5.90. The van der Waals surface area contributed by atoms with Crippen LogP contribution in [0, 0.1) is 5.41 Å². The van der Waals surface area contributed by atoms with Crippen LogP contribution in [0.25, 0.3) is 0 Å². The summed E-state index contributed by atoms with van der Waals surface area (Å²) in [7, 11) is 0. The minimum absolute atomic E-state index is 0.106. The van der Waals surface area contributed by atoms with Gasteiger partial charge in [0.15, 0.2) is 0 Å². The van der Waals surface area contributed by atoms with Crippen LogP contribution in [0.4, 0.5) is 0 Å². The first-order valence-electron chi connectivity index (χ1n) is 6.72. The lowest BCUT2D eigenvalue weighted by Gasteiger charge is -2.29. The van der Waals surface area contributed by atoms with Gasteiger partial charge in [0.1, 0.15) is 0 Å². The Kier molecular flexibility index (Phi) is 3.88. The van der Waals surface area contributed by atoms with Crippen LogP contribution in [0.1, 0.15) is 51.4 Å². The monoisotopic (exact) mass is 227 g/mol. The number of nitrogens with one attached hydrogen (secondary N) is 1. The molecule has 0 saturated heterocycles. The maximum Gasteiger partial charge on any atom is 0.0771 e. The topological polar surface area (TPSA) is 52.5 Å². The van der Waals surface area contributed by atoms with Crippen molar-refractivity contribution in [2.24, 2.45) is 5.41 Å². The van der Waals surface area contributed by atoms with Crippen LogP contribution in [-0.4, -0.2) is 35.5 Å². The summed E-state index contributed by atoms with van der Waals surface area (Å²) in [5.41, 5.74) is -0.357. The summed E-state index contributed by atoms with van der Waals surface area (Å²) in [6, 6.07) is 0. The Balaban J connectivity index is 1.74. The molecule has 0 radical (unpaired) electrons. The van der Waals surface area contributed by atoms with Gasteiger partial charge in [-0.3, -0.25) is 0 Å². The quantitative estimate of drug-likeness (QED) is 0.666. The highest BCUT2D eigenvalue weighted by atomic mass is 16.3. The summed E-state index contributed by atoms with van der Waals surface area (Å²) in [6.07, 6.45) is 8.94. The van der Waals surface area contributed by atoms with Crippen LogP contribution in [0.2, 0.25) is 0 Å². The zero-order valence-electron chi connectivity index (χ0n) is 10.2. The minimum atomic E-state index is -0.463. The third-order valence-electron chi connectivity index (χ3n) is 4.49. The molecule has 2 saturated carbocycles. The van der Waals surface area contributed by atoms with Crippen molar-refractivity contribution in [3.8, 4) is 0 Å². The summed E-state index contributed by atoms with van der Waals surface area (Å²) in [5, 5.41) is 23.1. The molecule has 0 aromatic carbocycles. The molecule has 0 unspecified atom stereocenters. The van der Waals surface area contributed by atoms with Crippen molar-refractivity contribution in [3.05, 3.63) is 0 Å². The van der Waals surface area contributed by atoms with Crippen molar-refractivity contribution in [3.63, 3.8) is 0 Å². The number of aliphatic hydroxyl groups is 2. The van der Waals surface area contributed by atoms with Crippen LogP contribution >= 0.6 is 0 Å². The van der Waals surface area contributed by atoms with Gasteiger partial charge in [0.25, 0.3) is 0 Å². The first-order chi connectivity index (χ1) is 7.68. The van der Waals surface area contributed by atoms with Crippen molar-refractivity contribution in [2.75, 3.05) is 19.7 Å². The number of hydrogen-bond acceptors (Lipinski definition) is 3. The summed E-state index contributed by atoms with van der Waals surface area (Å²) in [6.45, 7) is 1.86. The van der Waals surface area contributed by atoms with Gasteiger partial charge in [0.2, 0.25) is 0 Å². The third-order valence-corrected chi connectivity index (χ3v) is 4.49. The maximum absolute atomic E-state index is 10.2. The van der Waals surface area contributed by atoms with Crippen molar-refractivity contribution in [1.82, 2.24) is 5.32 Å². The van der Waals surface area contributed by atoms with Crippen molar-refractivity contribution in [2.45, 2.75) is 57.0 Å². The molecule has 2 aliphatic carbocycles. The van der Waals surface area contributed by atoms with E-state index in [0.717, 1.165) is 45.1 Å². The van der Waals surface area contributed by atoms with Crippen molar-refractivity contribution in [1.29, 1.82) is 0 Å². The fourth-order valence-electron chi connectivity index (χ4n) is 3.29. The highest BCUT2D eigenvalue weighted by molar-refractivity contribution is 4.90. The summed E-state index contributed by atoms with van der Waals surface area (Å²) >= 11 is 0. The average molecular weight is 227 g/mol. The number of aliphatic hydroxyl groups excluding tert-OH is 1. The fraction of sp³-hybridized carbons (Fsp3) is 1.00. The first kappa shape index (κ1) is 12.3. The predicted molar refractivity (Wildman–Crippen MR) is 64.3 cm³/mol. The molecule has 2 rings (SSSR count). The zero-order chi connectivity index (χ0) is 11.5. The molecule has 0 aromatic rings. The Labute approximate surface area is 98.2 Å². The van der Waals surface area contributed by atoms with E-state index in [1.165, 1.54) is 12.8 Å². The van der Waals surface area contributed by atoms with Crippen molar-refractivity contribution < 1.29 is 10.2 Å². The Morgan fingerprint density at radius 1 is 0.875 bits per heavy atom. The van der Waals surface area contributed by atoms with E-state index in [4.69, 9.17) is 0 Å². The standard InChI is InChI=1S/C13H25NO2/c15-11-12(5-1-2-6-12)9-14-10-13(16)7-3-4-8-13/h14-16H,1-11H2. The molecule has 2 aliphatic rings. The highest BCUT2D eigenvalue weighted by Gasteiger charge is 2.35. The summed E-state index contributed by atoms with van der Waals surface area (Å²) in [4.78, 5) is 0. The van der Waals surface area contributed by atoms with Gasteiger partial charge in [-0.1, -0.05) is 25.7 Å². The molecule has 3 N–H and O–H groups in total. The lowest BCUT2D eigenvalue weighted by molar-refractivity contribution is 0.0408. The molecule has 0 atom stereocenters. The van der Waals surface area contributed by atoms with Gasteiger partial charge in [-0.25, -0.2) is 0 Å². The van der Waals surface area contributed by atoms with Crippen LogP contribution in [-0.2, 0) is 0 Å². The molecule has 0 aromatic heterocycles. The molecule has 0 aliphatic heterocycles. The van der Waals surface area contributed by atoms with Gasteiger partial charge >= 0.3 is 0 Å². The molecular formula is C13H25NO2. The van der Waals surface area contributed by atoms with E-state index in [0.29, 0.717) is 13.2 Å². The van der Waals surface area contributed by atoms with E-state index >= 15 is 0 Å². The Bertz CT molecular complexity index is 218. The molecule has 0 spiro atoms. The van der Waals surface area contributed by atoms with Gasteiger partial charge < -0.3 is 15.5 Å². The van der Waals surface area contributed by atoms with Crippen molar-refractivity contribution >= 4 is 0 Å². The molecule has 0 bridgehead atoms. The normalized spacial score (nSPS) is 27.4. The lowest BCUT2D eigenvalue weighted by atomic mass is 9.87. The fourth-order valence-corrected chi connectivity index (χ4v) is 3.29. The third kappa shape index (κ3) is 2.76. The zero-order valence-corrected chi connectivity index (χ0v) is 10.2. The van der Waals surface area contributed by atoms with Gasteiger partial charge in [-0.05, 0) is 25.7 Å². The SMILES string of the molecule is OCC1(CNCC2(O)CCCC2)CCCC1. The largest absolute Gasteiger partial charge is 0.396 e. The number of rotatable bonds is 5. The van der Waals surface area contributed by atoms with Crippen LogP contribution in [0.5, 0.6) is 0 Å². The van der Waals surface area contributed by atoms with E-state index in [2.05, 4.69) is 5.32 Å². The smallest absolute Gasteiger partial charge is 0.0771 e. The van der Waals surface area contributed by atoms with Gasteiger partial charge in [0, 0.05) is 25.1 Å². The van der Waals surface area contributed by atoms with E-state index in [9.17, 15) is 10.2 Å². The van der Waals surface area contributed by atoms with Crippen LogP contribution in [0.15, 0.2) is 0 Å². The maximum atomic E-state index is 10.2. The van der Waals surface area contributed by atoms with Gasteiger partial charge in [0.05, 0.1) is 5.60 Å². The molecular weight excluding hydrogens is 202 g/mol. The molecule has 94 valence electrons. The van der Waals surface area contributed by atoms with Crippen LogP contribution < -0.4 is 5.32 Å². The molecule has 3 nitrogen and oxygen atoms in total. The van der Waals surface area contributed by atoms with E-state index in [1.807, 2.05) is 0 Å². The molecule has 3 heteroatoms. The molecule has 0 amide bonds. The minimum Gasteiger partial charge on any atom is -0.396 e. The Morgan fingerprint density at radius 3 is 2.00 bits per heavy atom. The van der Waals surface area contributed by atoms with E-state index in [-0.39, 0.29) is 5.41 Å². The summed E-state index contributed by atoms with van der Waals surface area (Å²) in [5.74, 6) is 0. The average Bonchev–Trinajstić information content (AvgIpc) is 2.89. The summed E-state index contributed by atoms with van der Waals surface area (Å²) < 4.78 is 0. The van der Waals surface area contributed by atoms with E-state index in [1.54, 1.807) is 0 Å². The highest BCUT2D eigenvalue weighted by Crippen LogP contribution is 2.37. The van der Waals surface area contributed by atoms with Crippen LogP contribution in [0.3, 0.4) is 0 Å². The lowest BCUT2D eigenvalue weighted by Crippen LogP contribution is -2.43. The predicted octanol–water partition coefficient (Wildman–Crippen LogP) is 1.43. The first-order valence-corrected chi connectivity index (χ1v) is 6.72. The van der Waals surface area contributed by atoms with Gasteiger partial charge in [-0.2, -0.15) is 0 Å². The van der Waals surface area contributed by atoms with E-state index < -0.39 is 5.60 Å². The van der Waals surface area contributed by atoms with Gasteiger partial charge in [-0.15, -0.1) is 0 Å². The molecule has 16 heavy (non-hydrogen) atoms. The molecule has 0 heterocycles. The number of hydrogen-bond donors (Lipinski definition) is 3. The molecule has 2 fully saturated rings. The Morgan fingerprint density at radius 2 is 1.44 bits per heavy atom.